The first kappa shape index (κ1) is 29.0. The molecule has 0 unspecified atom stereocenters. The van der Waals surface area contributed by atoms with Gasteiger partial charge in [0.05, 0.1) is 12.6 Å². The van der Waals surface area contributed by atoms with E-state index in [-0.39, 0.29) is 17.8 Å². The third-order valence-electron chi connectivity index (χ3n) is 7.25. The Labute approximate surface area is 244 Å². The van der Waals surface area contributed by atoms with Crippen LogP contribution in [0.5, 0.6) is 0 Å². The smallest absolute Gasteiger partial charge is 0.437 e. The summed E-state index contributed by atoms with van der Waals surface area (Å²) in [5.41, 5.74) is 3.32. The van der Waals surface area contributed by atoms with Gasteiger partial charge in [-0.15, -0.1) is 4.99 Å². The van der Waals surface area contributed by atoms with Crippen molar-refractivity contribution < 1.29 is 18.7 Å². The molecule has 42 heavy (non-hydrogen) atoms. The summed E-state index contributed by atoms with van der Waals surface area (Å²) >= 11 is 0. The molecule has 1 N–H and O–H groups in total. The Hall–Kier alpha value is -4.47. The Morgan fingerprint density at radius 3 is 2.52 bits per heavy atom. The Balaban J connectivity index is 1.50. The molecule has 1 aliphatic carbocycles. The van der Waals surface area contributed by atoms with Gasteiger partial charge in [-0.3, -0.25) is 4.79 Å². The number of hydrogen-bond donors (Lipinski definition) is 1. The summed E-state index contributed by atoms with van der Waals surface area (Å²) < 4.78 is 24.9. The van der Waals surface area contributed by atoms with Gasteiger partial charge in [0.2, 0.25) is 5.62 Å². The van der Waals surface area contributed by atoms with Gasteiger partial charge in [-0.2, -0.15) is 0 Å². The molecule has 220 valence electrons. The zero-order valence-electron chi connectivity index (χ0n) is 24.9. The highest BCUT2D eigenvalue weighted by atomic mass is 19.1. The van der Waals surface area contributed by atoms with E-state index in [1.54, 1.807) is 51.6 Å². The van der Waals surface area contributed by atoms with E-state index < -0.39 is 11.7 Å². The highest BCUT2D eigenvalue weighted by Gasteiger charge is 2.34. The maximum absolute atomic E-state index is 14.0. The summed E-state index contributed by atoms with van der Waals surface area (Å²) in [7, 11) is 1.80. The van der Waals surface area contributed by atoms with E-state index in [1.807, 2.05) is 58.9 Å². The van der Waals surface area contributed by atoms with E-state index in [0.29, 0.717) is 29.2 Å². The van der Waals surface area contributed by atoms with Crippen LogP contribution >= 0.6 is 0 Å². The minimum absolute atomic E-state index is 0.207. The molecule has 1 fully saturated rings. The van der Waals surface area contributed by atoms with Gasteiger partial charge in [0, 0.05) is 43.1 Å². The van der Waals surface area contributed by atoms with Crippen molar-refractivity contribution in [2.75, 3.05) is 0 Å². The van der Waals surface area contributed by atoms with Crippen LogP contribution in [0.3, 0.4) is 0 Å². The van der Waals surface area contributed by atoms with E-state index in [0.717, 1.165) is 35.5 Å². The molecule has 1 atom stereocenters. The second-order valence-corrected chi connectivity index (χ2v) is 12.0. The minimum atomic E-state index is -0.678. The molecule has 1 saturated carbocycles. The molecule has 0 radical (unpaired) electrons. The van der Waals surface area contributed by atoms with E-state index in [2.05, 4.69) is 15.3 Å². The highest BCUT2D eigenvalue weighted by Crippen LogP contribution is 2.41. The quantitative estimate of drug-likeness (QED) is 0.315. The number of nitrogens with zero attached hydrogens (tertiary/aromatic N) is 5. The first-order valence-corrected chi connectivity index (χ1v) is 14.1. The summed E-state index contributed by atoms with van der Waals surface area (Å²) in [5.74, 6) is 0.619. The Kier molecular flexibility index (Phi) is 7.90. The predicted molar refractivity (Wildman–Crippen MR) is 157 cm³/mol. The van der Waals surface area contributed by atoms with Gasteiger partial charge in [-0.05, 0) is 94.3 Å². The zero-order chi connectivity index (χ0) is 30.2. The fraction of sp³-hybridized carbons (Fsp3) is 0.375. The third-order valence-corrected chi connectivity index (χ3v) is 7.25. The standard InChI is InChI=1S/C32H37FN6O3/c1-20-15-24(9-10-27(20)33)28(23-7-8-23)35-29(40)25-16-22(17-26(18-25)39-12-11-34-21(39)2)19-38-14-13-37(6)30(38)36-31(41)42-32(3,4)5/h9-18,23,28H,7-8,19H2,1-6H3,(H,35,40)/b36-30+/t28-/m0/s1. The van der Waals surface area contributed by atoms with Crippen molar-refractivity contribution in [3.05, 3.63) is 101 Å². The van der Waals surface area contributed by atoms with Gasteiger partial charge in [-0.1, -0.05) is 12.1 Å². The van der Waals surface area contributed by atoms with Crippen LogP contribution in [0.25, 0.3) is 5.69 Å². The van der Waals surface area contributed by atoms with E-state index in [9.17, 15) is 14.0 Å². The monoisotopic (exact) mass is 572 g/mol. The highest BCUT2D eigenvalue weighted by molar-refractivity contribution is 5.95. The molecule has 2 heterocycles. The number of benzene rings is 2. The first-order chi connectivity index (χ1) is 19.9. The molecule has 1 aliphatic rings. The van der Waals surface area contributed by atoms with E-state index >= 15 is 0 Å². The number of aryl methyl sites for hydroxylation is 3. The van der Waals surface area contributed by atoms with Crippen molar-refractivity contribution in [3.63, 3.8) is 0 Å². The van der Waals surface area contributed by atoms with Crippen LogP contribution in [0.2, 0.25) is 0 Å². The lowest BCUT2D eigenvalue weighted by Gasteiger charge is -2.20. The van der Waals surface area contributed by atoms with Gasteiger partial charge in [0.15, 0.2) is 0 Å². The summed E-state index contributed by atoms with van der Waals surface area (Å²) in [6.45, 7) is 9.37. The molecular weight excluding hydrogens is 535 g/mol. The van der Waals surface area contributed by atoms with Gasteiger partial charge in [0.25, 0.3) is 5.91 Å². The average Bonchev–Trinajstić information content (AvgIpc) is 3.59. The largest absolute Gasteiger partial charge is 0.442 e. The number of imidazole rings is 2. The SMILES string of the molecule is Cc1cc([C@@H](NC(=O)c2cc(Cn3ccn(C)/c3=N\C(=O)OC(C)(C)C)cc(-n3ccnc3C)c2)C2CC2)ccc1F. The van der Waals surface area contributed by atoms with E-state index in [1.165, 1.54) is 6.07 Å². The van der Waals surface area contributed by atoms with Crippen molar-refractivity contribution in [3.8, 4) is 5.69 Å². The lowest BCUT2D eigenvalue weighted by Crippen LogP contribution is -2.30. The summed E-state index contributed by atoms with van der Waals surface area (Å²) in [6, 6.07) is 10.5. The molecule has 0 bridgehead atoms. The second-order valence-electron chi connectivity index (χ2n) is 12.0. The van der Waals surface area contributed by atoms with Gasteiger partial charge >= 0.3 is 6.09 Å². The van der Waals surface area contributed by atoms with Crippen molar-refractivity contribution in [1.29, 1.82) is 0 Å². The number of rotatable bonds is 7. The minimum Gasteiger partial charge on any atom is -0.442 e. The third kappa shape index (κ3) is 6.70. The Bertz CT molecular complexity index is 1700. The molecule has 4 aromatic rings. The number of aromatic nitrogens is 4. The molecule has 2 amide bonds. The fourth-order valence-electron chi connectivity index (χ4n) is 5.02. The van der Waals surface area contributed by atoms with E-state index in [4.69, 9.17) is 4.74 Å². The second kappa shape index (κ2) is 11.4. The normalized spacial score (nSPS) is 14.6. The van der Waals surface area contributed by atoms with Crippen LogP contribution < -0.4 is 10.9 Å². The topological polar surface area (TPSA) is 95.4 Å². The zero-order valence-corrected chi connectivity index (χ0v) is 24.9. The number of hydrogen-bond acceptors (Lipinski definition) is 4. The van der Waals surface area contributed by atoms with Crippen LogP contribution in [0.1, 0.15) is 72.5 Å². The van der Waals surface area contributed by atoms with Crippen molar-refractivity contribution in [2.24, 2.45) is 18.0 Å². The van der Waals surface area contributed by atoms with Crippen molar-refractivity contribution >= 4 is 12.0 Å². The maximum atomic E-state index is 14.0. The van der Waals surface area contributed by atoms with Gasteiger partial charge in [0.1, 0.15) is 17.2 Å². The molecule has 0 saturated heterocycles. The summed E-state index contributed by atoms with van der Waals surface area (Å²) in [6.07, 6.45) is 8.55. The Morgan fingerprint density at radius 1 is 1.12 bits per heavy atom. The number of carbonyl (C=O) groups is 2. The van der Waals surface area contributed by atoms with Crippen molar-refractivity contribution in [2.45, 2.75) is 65.6 Å². The number of amides is 2. The van der Waals surface area contributed by atoms with Crippen LogP contribution in [0.15, 0.2) is 66.2 Å². The predicted octanol–water partition coefficient (Wildman–Crippen LogP) is 5.53. The van der Waals surface area contributed by atoms with Crippen LogP contribution in [-0.4, -0.2) is 36.3 Å². The average molecular weight is 573 g/mol. The molecule has 5 rings (SSSR count). The molecule has 2 aromatic carbocycles. The number of carbonyl (C=O) groups excluding carboxylic acids is 2. The van der Waals surface area contributed by atoms with Gasteiger partial charge < -0.3 is 23.8 Å². The number of ether oxygens (including phenoxy) is 1. The molecule has 0 spiro atoms. The molecule has 9 nitrogen and oxygen atoms in total. The Morgan fingerprint density at radius 2 is 1.88 bits per heavy atom. The molecule has 0 aliphatic heterocycles. The maximum Gasteiger partial charge on any atom is 0.437 e. The van der Waals surface area contributed by atoms with Gasteiger partial charge in [-0.25, -0.2) is 14.2 Å². The molecule has 10 heteroatoms. The lowest BCUT2D eigenvalue weighted by atomic mass is 9.99. The summed E-state index contributed by atoms with van der Waals surface area (Å²) in [4.78, 5) is 34.8. The number of nitrogens with one attached hydrogen (secondary N) is 1. The number of halogens is 1. The van der Waals surface area contributed by atoms with Crippen LogP contribution in [0.4, 0.5) is 9.18 Å². The lowest BCUT2D eigenvalue weighted by molar-refractivity contribution is 0.0593. The molecular formula is C32H37FN6O3. The van der Waals surface area contributed by atoms with Crippen LogP contribution in [-0.2, 0) is 18.3 Å². The van der Waals surface area contributed by atoms with Crippen molar-refractivity contribution in [1.82, 2.24) is 24.0 Å². The molecule has 2 aromatic heterocycles. The first-order valence-electron chi connectivity index (χ1n) is 14.1. The van der Waals surface area contributed by atoms with Crippen LogP contribution in [0, 0.1) is 25.6 Å². The fourth-order valence-corrected chi connectivity index (χ4v) is 5.02. The summed E-state index contributed by atoms with van der Waals surface area (Å²) in [5, 5.41) is 3.22.